The van der Waals surface area contributed by atoms with Gasteiger partial charge in [-0.2, -0.15) is 0 Å². The van der Waals surface area contributed by atoms with E-state index in [4.69, 9.17) is 0 Å². The predicted octanol–water partition coefficient (Wildman–Crippen LogP) is 3.73. The largest absolute Gasteiger partial charge is 0.341 e. The Kier molecular flexibility index (Phi) is 3.15. The zero-order chi connectivity index (χ0) is 11.7. The number of nitrogens with zero attached hydrogens (tertiary/aromatic N) is 1. The van der Waals surface area contributed by atoms with E-state index in [1.54, 1.807) is 0 Å². The van der Waals surface area contributed by atoms with Crippen molar-refractivity contribution in [3.63, 3.8) is 0 Å². The second-order valence-electron chi connectivity index (χ2n) is 4.15. The van der Waals surface area contributed by atoms with E-state index in [0.29, 0.717) is 12.5 Å². The van der Waals surface area contributed by atoms with Crippen LogP contribution in [0.15, 0.2) is 28.7 Å². The van der Waals surface area contributed by atoms with Crippen LogP contribution in [0.2, 0.25) is 0 Å². The molecule has 0 amide bonds. The molecule has 3 heteroatoms. The van der Waals surface area contributed by atoms with Crippen molar-refractivity contribution in [3.05, 3.63) is 34.4 Å². The first kappa shape index (κ1) is 11.4. The molecule has 0 fully saturated rings. The lowest BCUT2D eigenvalue weighted by Gasteiger charge is -2.14. The van der Waals surface area contributed by atoms with Gasteiger partial charge in [0.05, 0.1) is 5.52 Å². The molecule has 0 radical (unpaired) electrons. The smallest absolute Gasteiger partial charge is 0.125 e. The number of aromatic nitrogens is 1. The Bertz CT molecular complexity index is 528. The van der Waals surface area contributed by atoms with Gasteiger partial charge in [-0.15, -0.1) is 0 Å². The van der Waals surface area contributed by atoms with E-state index in [0.717, 1.165) is 16.5 Å². The number of halogens is 1. The summed E-state index contributed by atoms with van der Waals surface area (Å²) in [5.74, 6) is 0. The number of hydrogen-bond donors (Lipinski definition) is 0. The van der Waals surface area contributed by atoms with Gasteiger partial charge in [-0.05, 0) is 41.9 Å². The summed E-state index contributed by atoms with van der Waals surface area (Å²) in [7, 11) is 0. The normalized spacial score (nSPS) is 11.2. The molecule has 0 saturated heterocycles. The van der Waals surface area contributed by atoms with Crippen molar-refractivity contribution in [2.24, 2.45) is 0 Å². The molecule has 0 aliphatic rings. The number of benzene rings is 1. The second kappa shape index (κ2) is 4.42. The average Bonchev–Trinajstić information content (AvgIpc) is 2.58. The Balaban J connectivity index is 2.77. The Labute approximate surface area is 103 Å². The molecule has 84 valence electrons. The molecular formula is C13H14BrNO. The van der Waals surface area contributed by atoms with Crippen LogP contribution in [0.4, 0.5) is 0 Å². The van der Waals surface area contributed by atoms with Gasteiger partial charge in [0.2, 0.25) is 0 Å². The van der Waals surface area contributed by atoms with Crippen molar-refractivity contribution in [1.29, 1.82) is 0 Å². The maximum Gasteiger partial charge on any atom is 0.125 e. The van der Waals surface area contributed by atoms with Crippen molar-refractivity contribution >= 4 is 33.1 Å². The van der Waals surface area contributed by atoms with Crippen LogP contribution in [-0.2, 0) is 11.2 Å². The van der Waals surface area contributed by atoms with Crippen molar-refractivity contribution in [2.45, 2.75) is 26.3 Å². The third-order valence-electron chi connectivity index (χ3n) is 2.70. The molecular weight excluding hydrogens is 266 g/mol. The first-order valence-electron chi connectivity index (χ1n) is 5.37. The SMILES string of the molecule is CC(C)n1c(CC=O)cc2cccc(Br)c21. The molecule has 0 spiro atoms. The summed E-state index contributed by atoms with van der Waals surface area (Å²) in [5.41, 5.74) is 2.25. The van der Waals surface area contributed by atoms with E-state index in [1.807, 2.05) is 12.1 Å². The molecule has 0 atom stereocenters. The maximum atomic E-state index is 10.7. The van der Waals surface area contributed by atoms with E-state index in [9.17, 15) is 4.79 Å². The summed E-state index contributed by atoms with van der Waals surface area (Å²) in [4.78, 5) is 10.7. The molecule has 2 aromatic rings. The van der Waals surface area contributed by atoms with E-state index in [2.05, 4.69) is 46.5 Å². The molecule has 2 rings (SSSR count). The monoisotopic (exact) mass is 279 g/mol. The van der Waals surface area contributed by atoms with Gasteiger partial charge in [0, 0.05) is 28.0 Å². The van der Waals surface area contributed by atoms with Gasteiger partial charge in [-0.1, -0.05) is 12.1 Å². The topological polar surface area (TPSA) is 22.0 Å². The van der Waals surface area contributed by atoms with Gasteiger partial charge in [0.1, 0.15) is 6.29 Å². The molecule has 0 bridgehead atoms. The number of carbonyl (C=O) groups is 1. The average molecular weight is 280 g/mol. The lowest BCUT2D eigenvalue weighted by Crippen LogP contribution is -2.06. The summed E-state index contributed by atoms with van der Waals surface area (Å²) in [6.07, 6.45) is 1.43. The molecule has 1 aromatic heterocycles. The third kappa shape index (κ3) is 1.80. The quantitative estimate of drug-likeness (QED) is 0.785. The van der Waals surface area contributed by atoms with Crippen LogP contribution in [-0.4, -0.2) is 10.9 Å². The van der Waals surface area contributed by atoms with Gasteiger partial charge in [0.15, 0.2) is 0 Å². The summed E-state index contributed by atoms with van der Waals surface area (Å²) < 4.78 is 3.30. The first-order chi connectivity index (χ1) is 7.65. The maximum absolute atomic E-state index is 10.7. The van der Waals surface area contributed by atoms with Crippen LogP contribution in [0.3, 0.4) is 0 Å². The Morgan fingerprint density at radius 2 is 2.19 bits per heavy atom. The highest BCUT2D eigenvalue weighted by molar-refractivity contribution is 9.10. The minimum Gasteiger partial charge on any atom is -0.341 e. The zero-order valence-electron chi connectivity index (χ0n) is 9.40. The molecule has 0 N–H and O–H groups in total. The Morgan fingerprint density at radius 1 is 1.44 bits per heavy atom. The molecule has 2 nitrogen and oxygen atoms in total. The van der Waals surface area contributed by atoms with Crippen molar-refractivity contribution in [2.75, 3.05) is 0 Å². The highest BCUT2D eigenvalue weighted by atomic mass is 79.9. The number of fused-ring (bicyclic) bond motifs is 1. The van der Waals surface area contributed by atoms with Crippen LogP contribution >= 0.6 is 15.9 Å². The fraction of sp³-hybridized carbons (Fsp3) is 0.308. The highest BCUT2D eigenvalue weighted by Crippen LogP contribution is 2.30. The molecule has 0 aliphatic heterocycles. The van der Waals surface area contributed by atoms with Crippen molar-refractivity contribution < 1.29 is 4.79 Å². The van der Waals surface area contributed by atoms with Gasteiger partial charge in [-0.25, -0.2) is 0 Å². The van der Waals surface area contributed by atoms with Crippen LogP contribution in [0, 0.1) is 0 Å². The van der Waals surface area contributed by atoms with E-state index < -0.39 is 0 Å². The third-order valence-corrected chi connectivity index (χ3v) is 3.34. The Morgan fingerprint density at radius 3 is 2.81 bits per heavy atom. The fourth-order valence-electron chi connectivity index (χ4n) is 2.13. The second-order valence-corrected chi connectivity index (χ2v) is 5.00. The fourth-order valence-corrected chi connectivity index (χ4v) is 2.70. The lowest BCUT2D eigenvalue weighted by molar-refractivity contribution is -0.107. The number of para-hydroxylation sites is 1. The first-order valence-corrected chi connectivity index (χ1v) is 6.16. The van der Waals surface area contributed by atoms with Crippen molar-refractivity contribution in [1.82, 2.24) is 4.57 Å². The van der Waals surface area contributed by atoms with E-state index in [1.165, 1.54) is 10.9 Å². The zero-order valence-corrected chi connectivity index (χ0v) is 11.0. The summed E-state index contributed by atoms with van der Waals surface area (Å²) in [5, 5.41) is 1.18. The van der Waals surface area contributed by atoms with Crippen LogP contribution in [0.25, 0.3) is 10.9 Å². The molecule has 1 heterocycles. The molecule has 0 aliphatic carbocycles. The summed E-state index contributed by atoms with van der Waals surface area (Å²) in [6.45, 7) is 4.26. The van der Waals surface area contributed by atoms with Gasteiger partial charge < -0.3 is 9.36 Å². The van der Waals surface area contributed by atoms with Crippen LogP contribution in [0.1, 0.15) is 25.6 Å². The van der Waals surface area contributed by atoms with Gasteiger partial charge >= 0.3 is 0 Å². The van der Waals surface area contributed by atoms with Crippen LogP contribution < -0.4 is 0 Å². The van der Waals surface area contributed by atoms with E-state index in [-0.39, 0.29) is 0 Å². The number of carbonyl (C=O) groups excluding carboxylic acids is 1. The molecule has 0 unspecified atom stereocenters. The predicted molar refractivity (Wildman–Crippen MR) is 69.8 cm³/mol. The molecule has 0 saturated carbocycles. The van der Waals surface area contributed by atoms with Gasteiger partial charge in [-0.3, -0.25) is 0 Å². The highest BCUT2D eigenvalue weighted by Gasteiger charge is 2.12. The summed E-state index contributed by atoms with van der Waals surface area (Å²) >= 11 is 3.57. The number of rotatable bonds is 3. The molecule has 1 aromatic carbocycles. The van der Waals surface area contributed by atoms with Gasteiger partial charge in [0.25, 0.3) is 0 Å². The minimum atomic E-state index is 0.353. The Hall–Kier alpha value is -1.09. The minimum absolute atomic E-state index is 0.353. The molecule has 16 heavy (non-hydrogen) atoms. The number of hydrogen-bond acceptors (Lipinski definition) is 1. The standard InChI is InChI=1S/C13H14BrNO/c1-9(2)15-11(6-7-16)8-10-4-3-5-12(14)13(10)15/h3-5,7-9H,6H2,1-2H3. The number of aldehydes is 1. The van der Waals surface area contributed by atoms with Crippen LogP contribution in [0.5, 0.6) is 0 Å². The van der Waals surface area contributed by atoms with E-state index >= 15 is 0 Å². The van der Waals surface area contributed by atoms with Crippen molar-refractivity contribution in [3.8, 4) is 0 Å². The lowest BCUT2D eigenvalue weighted by atomic mass is 10.2. The summed E-state index contributed by atoms with van der Waals surface area (Å²) in [6, 6.07) is 8.57.